The number of rotatable bonds is 7. The zero-order chi connectivity index (χ0) is 22.7. The van der Waals surface area contributed by atoms with Crippen LogP contribution >= 0.6 is 43.5 Å². The molecule has 0 unspecified atom stereocenters. The number of amides is 1. The summed E-state index contributed by atoms with van der Waals surface area (Å²) in [4.78, 5) is 12.6. The summed E-state index contributed by atoms with van der Waals surface area (Å²) in [5.41, 5.74) is 0.309. The first kappa shape index (κ1) is 22.6. The average molecular weight is 584 g/mol. The smallest absolute Gasteiger partial charge is 0.292 e. The normalized spacial score (nSPS) is 10.9. The number of aromatic nitrogens is 2. The molecule has 4 rings (SSSR count). The van der Waals surface area contributed by atoms with E-state index in [0.29, 0.717) is 26.6 Å². The van der Waals surface area contributed by atoms with Crippen molar-refractivity contribution in [1.29, 1.82) is 0 Å². The van der Waals surface area contributed by atoms with Crippen LogP contribution in [0.2, 0.25) is 5.02 Å². The van der Waals surface area contributed by atoms with Gasteiger partial charge in [-0.05, 0) is 64.5 Å². The number of ether oxygens (including phenoxy) is 1. The second kappa shape index (κ2) is 9.89. The van der Waals surface area contributed by atoms with Crippen molar-refractivity contribution in [3.8, 4) is 5.75 Å². The van der Waals surface area contributed by atoms with Crippen molar-refractivity contribution in [1.82, 2.24) is 9.78 Å². The number of carbonyl (C=O) groups is 1. The Bertz CT molecular complexity index is 1240. The molecular weight excluding hydrogens is 569 g/mol. The largest absolute Gasteiger partial charge is 0.486 e. The molecular formula is C22H15Br2ClFN3O3. The number of nitrogens with one attached hydrogen (secondary N) is 1. The van der Waals surface area contributed by atoms with Gasteiger partial charge in [0.25, 0.3) is 5.91 Å². The SMILES string of the molecule is O=C(Nc1nn(Cc2c(F)cccc2Cl)cc1Br)c1ccc(COc2ccc(Br)cc2)o1. The van der Waals surface area contributed by atoms with Gasteiger partial charge in [0.15, 0.2) is 11.6 Å². The molecule has 0 saturated heterocycles. The van der Waals surface area contributed by atoms with Crippen LogP contribution in [0.4, 0.5) is 10.2 Å². The third kappa shape index (κ3) is 5.40. The Morgan fingerprint density at radius 1 is 1.16 bits per heavy atom. The zero-order valence-electron chi connectivity index (χ0n) is 16.3. The maximum atomic E-state index is 14.0. The highest BCUT2D eigenvalue weighted by molar-refractivity contribution is 9.10. The molecule has 0 radical (unpaired) electrons. The molecule has 0 aliphatic carbocycles. The van der Waals surface area contributed by atoms with Crippen molar-refractivity contribution in [2.24, 2.45) is 0 Å². The maximum Gasteiger partial charge on any atom is 0.292 e. The van der Waals surface area contributed by atoms with Gasteiger partial charge in [-0.2, -0.15) is 5.10 Å². The molecule has 0 aliphatic heterocycles. The maximum absolute atomic E-state index is 14.0. The van der Waals surface area contributed by atoms with Crippen molar-refractivity contribution < 1.29 is 18.3 Å². The summed E-state index contributed by atoms with van der Waals surface area (Å²) in [5, 5.41) is 7.26. The Kier molecular flexibility index (Phi) is 6.98. The van der Waals surface area contributed by atoms with Crippen molar-refractivity contribution in [3.05, 3.63) is 97.7 Å². The van der Waals surface area contributed by atoms with Gasteiger partial charge in [-0.1, -0.05) is 33.6 Å². The monoisotopic (exact) mass is 581 g/mol. The molecule has 1 amide bonds. The highest BCUT2D eigenvalue weighted by Gasteiger charge is 2.17. The van der Waals surface area contributed by atoms with Crippen LogP contribution in [0.15, 0.2) is 74.2 Å². The first-order valence-electron chi connectivity index (χ1n) is 9.33. The van der Waals surface area contributed by atoms with E-state index in [2.05, 4.69) is 42.3 Å². The number of anilines is 1. The van der Waals surface area contributed by atoms with Crippen LogP contribution < -0.4 is 10.1 Å². The fourth-order valence-electron chi connectivity index (χ4n) is 2.84. The molecule has 1 N–H and O–H groups in total. The third-order valence-corrected chi connectivity index (χ3v) is 5.87. The lowest BCUT2D eigenvalue weighted by atomic mass is 10.2. The van der Waals surface area contributed by atoms with Crippen LogP contribution in [0.25, 0.3) is 0 Å². The molecule has 0 spiro atoms. The van der Waals surface area contributed by atoms with Crippen LogP contribution in [0, 0.1) is 5.82 Å². The highest BCUT2D eigenvalue weighted by atomic mass is 79.9. The summed E-state index contributed by atoms with van der Waals surface area (Å²) in [6.45, 7) is 0.287. The van der Waals surface area contributed by atoms with Gasteiger partial charge in [-0.3, -0.25) is 9.48 Å². The van der Waals surface area contributed by atoms with E-state index in [1.807, 2.05) is 24.3 Å². The number of halogens is 4. The molecule has 0 aliphatic rings. The Morgan fingerprint density at radius 2 is 1.94 bits per heavy atom. The molecule has 10 heteroatoms. The number of benzene rings is 2. The lowest BCUT2D eigenvalue weighted by Gasteiger charge is -2.06. The van der Waals surface area contributed by atoms with E-state index in [1.54, 1.807) is 24.4 Å². The van der Waals surface area contributed by atoms with Gasteiger partial charge >= 0.3 is 0 Å². The lowest BCUT2D eigenvalue weighted by molar-refractivity contribution is 0.0992. The molecule has 0 saturated carbocycles. The van der Waals surface area contributed by atoms with Crippen molar-refractivity contribution in [3.63, 3.8) is 0 Å². The van der Waals surface area contributed by atoms with Crippen LogP contribution in [0.3, 0.4) is 0 Å². The summed E-state index contributed by atoms with van der Waals surface area (Å²) in [7, 11) is 0. The second-order valence-electron chi connectivity index (χ2n) is 6.69. The van der Waals surface area contributed by atoms with Gasteiger partial charge in [0, 0.05) is 21.3 Å². The zero-order valence-corrected chi connectivity index (χ0v) is 20.2. The van der Waals surface area contributed by atoms with E-state index in [1.165, 1.54) is 16.8 Å². The fraction of sp³-hybridized carbons (Fsp3) is 0.0909. The van der Waals surface area contributed by atoms with Crippen molar-refractivity contribution in [2.75, 3.05) is 5.32 Å². The Morgan fingerprint density at radius 3 is 2.69 bits per heavy atom. The third-order valence-electron chi connectivity index (χ3n) is 4.41. The van der Waals surface area contributed by atoms with Gasteiger partial charge in [0.1, 0.15) is 23.9 Å². The second-order valence-corrected chi connectivity index (χ2v) is 8.86. The van der Waals surface area contributed by atoms with Gasteiger partial charge in [-0.25, -0.2) is 4.39 Å². The standard InChI is InChI=1S/C22H15Br2ClFN3O3/c23-13-4-6-14(7-5-13)31-12-15-8-9-20(32-15)22(30)27-21-17(24)11-29(28-21)10-16-18(25)2-1-3-19(16)26/h1-9,11H,10,12H2,(H,27,28,30). The summed E-state index contributed by atoms with van der Waals surface area (Å²) in [6, 6.07) is 15.1. The number of carbonyl (C=O) groups excluding carboxylic acids is 1. The highest BCUT2D eigenvalue weighted by Crippen LogP contribution is 2.25. The minimum atomic E-state index is -0.477. The lowest BCUT2D eigenvalue weighted by Crippen LogP contribution is -2.12. The van der Waals surface area contributed by atoms with E-state index in [0.717, 1.165) is 4.47 Å². The Hall–Kier alpha value is -2.62. The summed E-state index contributed by atoms with van der Waals surface area (Å²) >= 11 is 12.8. The van der Waals surface area contributed by atoms with Gasteiger partial charge in [-0.15, -0.1) is 0 Å². The predicted molar refractivity (Wildman–Crippen MR) is 126 cm³/mol. The number of hydrogen-bond donors (Lipinski definition) is 1. The summed E-state index contributed by atoms with van der Waals surface area (Å²) in [5.74, 6) is 0.652. The number of furan rings is 1. The molecule has 2 aromatic carbocycles. The predicted octanol–water partition coefficient (Wildman–Crippen LogP) is 6.67. The minimum absolute atomic E-state index is 0.109. The van der Waals surface area contributed by atoms with Gasteiger partial charge in [0.05, 0.1) is 11.0 Å². The molecule has 0 fully saturated rings. The molecule has 4 aromatic rings. The first-order valence-corrected chi connectivity index (χ1v) is 11.3. The molecule has 164 valence electrons. The number of hydrogen-bond acceptors (Lipinski definition) is 4. The molecule has 2 heterocycles. The van der Waals surface area contributed by atoms with E-state index in [9.17, 15) is 9.18 Å². The van der Waals surface area contributed by atoms with Crippen LogP contribution in [0.5, 0.6) is 5.75 Å². The van der Waals surface area contributed by atoms with E-state index in [-0.39, 0.29) is 24.7 Å². The van der Waals surface area contributed by atoms with Crippen LogP contribution in [-0.2, 0) is 13.2 Å². The van der Waals surface area contributed by atoms with Crippen LogP contribution in [-0.4, -0.2) is 15.7 Å². The Balaban J connectivity index is 1.39. The summed E-state index contributed by atoms with van der Waals surface area (Å²) in [6.07, 6.45) is 1.62. The molecule has 0 atom stereocenters. The van der Waals surface area contributed by atoms with Gasteiger partial charge in [0.2, 0.25) is 0 Å². The minimum Gasteiger partial charge on any atom is -0.486 e. The van der Waals surface area contributed by atoms with Gasteiger partial charge < -0.3 is 14.5 Å². The topological polar surface area (TPSA) is 69.3 Å². The Labute approximate surface area is 204 Å². The quantitative estimate of drug-likeness (QED) is 0.264. The molecule has 2 aromatic heterocycles. The van der Waals surface area contributed by atoms with Crippen LogP contribution in [0.1, 0.15) is 21.9 Å². The molecule has 6 nitrogen and oxygen atoms in total. The van der Waals surface area contributed by atoms with Crippen molar-refractivity contribution >= 4 is 55.2 Å². The van der Waals surface area contributed by atoms with E-state index < -0.39 is 11.7 Å². The van der Waals surface area contributed by atoms with Crippen molar-refractivity contribution in [2.45, 2.75) is 13.2 Å². The average Bonchev–Trinajstić information content (AvgIpc) is 3.37. The first-order chi connectivity index (χ1) is 15.4. The van der Waals surface area contributed by atoms with E-state index >= 15 is 0 Å². The van der Waals surface area contributed by atoms with E-state index in [4.69, 9.17) is 20.8 Å². The molecule has 32 heavy (non-hydrogen) atoms. The number of nitrogens with zero attached hydrogens (tertiary/aromatic N) is 2. The summed E-state index contributed by atoms with van der Waals surface area (Å²) < 4.78 is 28.2. The molecule has 0 bridgehead atoms. The fourth-order valence-corrected chi connectivity index (χ4v) is 3.74.